The highest BCUT2D eigenvalue weighted by molar-refractivity contribution is 14.0. The Morgan fingerprint density at radius 1 is 1.41 bits per heavy atom. The molecule has 0 aromatic carbocycles. The Bertz CT molecular complexity index is 608. The van der Waals surface area contributed by atoms with Gasteiger partial charge in [-0.25, -0.2) is 4.98 Å². The lowest BCUT2D eigenvalue weighted by atomic mass is 10.2. The highest BCUT2D eigenvalue weighted by Gasteiger charge is 2.11. The van der Waals surface area contributed by atoms with Crippen molar-refractivity contribution in [3.05, 3.63) is 39.7 Å². The molecule has 0 aliphatic carbocycles. The first-order valence-corrected chi connectivity index (χ1v) is 7.85. The Morgan fingerprint density at radius 3 is 2.73 bits per heavy atom. The van der Waals surface area contributed by atoms with E-state index in [0.717, 1.165) is 35.5 Å². The fraction of sp³-hybridized carbons (Fsp3) is 0.467. The zero-order chi connectivity index (χ0) is 15.2. The summed E-state index contributed by atoms with van der Waals surface area (Å²) in [4.78, 5) is 9.83. The number of nitrogens with one attached hydrogen (secondary N) is 2. The Labute approximate surface area is 152 Å². The number of guanidine groups is 1. The molecule has 0 aliphatic rings. The van der Waals surface area contributed by atoms with Gasteiger partial charge in [-0.15, -0.1) is 35.3 Å². The Balaban J connectivity index is 0.00000242. The topological polar surface area (TPSA) is 62.5 Å². The molecule has 22 heavy (non-hydrogen) atoms. The average molecular weight is 434 g/mol. The van der Waals surface area contributed by atoms with Gasteiger partial charge in [-0.3, -0.25) is 4.99 Å². The van der Waals surface area contributed by atoms with Crippen molar-refractivity contribution in [3.63, 3.8) is 0 Å². The summed E-state index contributed by atoms with van der Waals surface area (Å²) < 4.78 is 5.61. The van der Waals surface area contributed by atoms with E-state index in [4.69, 9.17) is 4.42 Å². The number of nitrogens with zero attached hydrogens (tertiary/aromatic N) is 2. The van der Waals surface area contributed by atoms with Crippen molar-refractivity contribution >= 4 is 41.3 Å². The minimum Gasteiger partial charge on any atom is -0.464 e. The zero-order valence-corrected chi connectivity index (χ0v) is 16.5. The number of aliphatic imine (C=N–C) groups is 1. The summed E-state index contributed by atoms with van der Waals surface area (Å²) in [6.45, 7) is 6.87. The third-order valence-corrected chi connectivity index (χ3v) is 4.04. The van der Waals surface area contributed by atoms with Gasteiger partial charge in [0.25, 0.3) is 0 Å². The lowest BCUT2D eigenvalue weighted by Crippen LogP contribution is -2.39. The first-order valence-electron chi connectivity index (χ1n) is 7.03. The van der Waals surface area contributed by atoms with Gasteiger partial charge in [0.2, 0.25) is 0 Å². The molecule has 0 fully saturated rings. The molecule has 2 heterocycles. The fourth-order valence-corrected chi connectivity index (χ4v) is 2.75. The van der Waals surface area contributed by atoms with Crippen molar-refractivity contribution in [3.8, 4) is 0 Å². The Morgan fingerprint density at radius 2 is 2.18 bits per heavy atom. The second-order valence-corrected chi connectivity index (χ2v) is 6.25. The molecule has 7 heteroatoms. The molecular formula is C15H23IN4OS. The van der Waals surface area contributed by atoms with Gasteiger partial charge in [-0.2, -0.15) is 0 Å². The minimum absolute atomic E-state index is 0. The molecule has 122 valence electrons. The van der Waals surface area contributed by atoms with Crippen LogP contribution >= 0.6 is 35.3 Å². The van der Waals surface area contributed by atoms with Crippen LogP contribution in [0.5, 0.6) is 0 Å². The van der Waals surface area contributed by atoms with Gasteiger partial charge >= 0.3 is 0 Å². The van der Waals surface area contributed by atoms with E-state index in [2.05, 4.69) is 34.5 Å². The van der Waals surface area contributed by atoms with Crippen LogP contribution in [0.2, 0.25) is 0 Å². The molecule has 0 saturated heterocycles. The van der Waals surface area contributed by atoms with E-state index < -0.39 is 0 Å². The number of thiazole rings is 1. The van der Waals surface area contributed by atoms with E-state index in [-0.39, 0.29) is 30.0 Å². The number of aromatic nitrogens is 1. The summed E-state index contributed by atoms with van der Waals surface area (Å²) in [7, 11) is 1.77. The van der Waals surface area contributed by atoms with Crippen LogP contribution in [-0.4, -0.2) is 24.5 Å². The predicted molar refractivity (Wildman–Crippen MR) is 102 cm³/mol. The van der Waals surface area contributed by atoms with Crippen LogP contribution < -0.4 is 10.6 Å². The molecule has 5 nitrogen and oxygen atoms in total. The van der Waals surface area contributed by atoms with Gasteiger partial charge in [-0.05, 0) is 32.9 Å². The smallest absolute Gasteiger partial charge is 0.191 e. The van der Waals surface area contributed by atoms with Crippen molar-refractivity contribution in [1.29, 1.82) is 0 Å². The number of rotatable bonds is 5. The molecule has 0 saturated carbocycles. The third-order valence-electron chi connectivity index (χ3n) is 3.07. The van der Waals surface area contributed by atoms with Crippen molar-refractivity contribution in [2.45, 2.75) is 33.2 Å². The van der Waals surface area contributed by atoms with Crippen LogP contribution in [0.25, 0.3) is 0 Å². The van der Waals surface area contributed by atoms with E-state index in [1.54, 1.807) is 18.4 Å². The number of furan rings is 1. The van der Waals surface area contributed by atoms with E-state index in [0.29, 0.717) is 0 Å². The molecule has 2 aromatic heterocycles. The number of aryl methyl sites for hydroxylation is 2. The Kier molecular flexibility index (Phi) is 7.88. The molecule has 2 rings (SSSR count). The molecule has 1 unspecified atom stereocenters. The highest BCUT2D eigenvalue weighted by Crippen LogP contribution is 2.15. The summed E-state index contributed by atoms with van der Waals surface area (Å²) >= 11 is 1.73. The maximum Gasteiger partial charge on any atom is 0.191 e. The first-order chi connectivity index (χ1) is 10.1. The van der Waals surface area contributed by atoms with Crippen molar-refractivity contribution in [2.24, 2.45) is 4.99 Å². The highest BCUT2D eigenvalue weighted by atomic mass is 127. The second-order valence-electron chi connectivity index (χ2n) is 4.93. The second kappa shape index (κ2) is 9.14. The summed E-state index contributed by atoms with van der Waals surface area (Å²) in [5, 5.41) is 7.76. The summed E-state index contributed by atoms with van der Waals surface area (Å²) in [6.07, 6.45) is 2.81. The Hall–Kier alpha value is -1.09. The molecule has 0 aliphatic heterocycles. The normalized spacial score (nSPS) is 12.6. The first kappa shape index (κ1) is 19.0. The van der Waals surface area contributed by atoms with Crippen LogP contribution in [0.1, 0.15) is 34.4 Å². The molecular weight excluding hydrogens is 411 g/mol. The SMILES string of the molecule is CN=C(NCCc1ncc(C)s1)NC(C)c1ccc(C)o1.I. The monoisotopic (exact) mass is 434 g/mol. The molecule has 0 spiro atoms. The van der Waals surface area contributed by atoms with E-state index in [1.165, 1.54) is 4.88 Å². The zero-order valence-electron chi connectivity index (χ0n) is 13.3. The van der Waals surface area contributed by atoms with Gasteiger partial charge < -0.3 is 15.1 Å². The molecule has 0 amide bonds. The van der Waals surface area contributed by atoms with E-state index in [9.17, 15) is 0 Å². The largest absolute Gasteiger partial charge is 0.464 e. The van der Waals surface area contributed by atoms with Crippen LogP contribution in [0.4, 0.5) is 0 Å². The maximum atomic E-state index is 5.61. The van der Waals surface area contributed by atoms with E-state index >= 15 is 0 Å². The van der Waals surface area contributed by atoms with Gasteiger partial charge in [0.15, 0.2) is 5.96 Å². The summed E-state index contributed by atoms with van der Waals surface area (Å²) in [6, 6.07) is 4.03. The van der Waals surface area contributed by atoms with Crippen LogP contribution in [0, 0.1) is 13.8 Å². The maximum absolute atomic E-state index is 5.61. The standard InChI is InChI=1S/C15H22N4OS.HI/c1-10-5-6-13(20-10)12(3)19-15(16-4)17-8-7-14-18-9-11(2)21-14;/h5-6,9,12H,7-8H2,1-4H3,(H2,16,17,19);1H. The predicted octanol–water partition coefficient (Wildman–Crippen LogP) is 3.44. The van der Waals surface area contributed by atoms with Crippen molar-refractivity contribution in [2.75, 3.05) is 13.6 Å². The lowest BCUT2D eigenvalue weighted by Gasteiger charge is -2.16. The molecule has 0 radical (unpaired) electrons. The quantitative estimate of drug-likeness (QED) is 0.430. The van der Waals surface area contributed by atoms with E-state index in [1.807, 2.05) is 25.3 Å². The van der Waals surface area contributed by atoms with Gasteiger partial charge in [0.05, 0.1) is 11.0 Å². The van der Waals surface area contributed by atoms with Crippen molar-refractivity contribution < 1.29 is 4.42 Å². The summed E-state index contributed by atoms with van der Waals surface area (Å²) in [5.41, 5.74) is 0. The average Bonchev–Trinajstić information content (AvgIpc) is 3.06. The van der Waals surface area contributed by atoms with Crippen LogP contribution in [-0.2, 0) is 6.42 Å². The molecule has 2 N–H and O–H groups in total. The van der Waals surface area contributed by atoms with Crippen LogP contribution in [0.15, 0.2) is 27.7 Å². The third kappa shape index (κ3) is 5.60. The fourth-order valence-electron chi connectivity index (χ4n) is 1.96. The minimum atomic E-state index is 0. The number of halogens is 1. The number of hydrogen-bond acceptors (Lipinski definition) is 4. The number of hydrogen-bond donors (Lipinski definition) is 2. The molecule has 1 atom stereocenters. The van der Waals surface area contributed by atoms with Gasteiger partial charge in [-0.1, -0.05) is 0 Å². The van der Waals surface area contributed by atoms with Gasteiger partial charge in [0.1, 0.15) is 11.5 Å². The summed E-state index contributed by atoms with van der Waals surface area (Å²) in [5.74, 6) is 2.59. The van der Waals surface area contributed by atoms with Crippen LogP contribution in [0.3, 0.4) is 0 Å². The molecule has 0 bridgehead atoms. The van der Waals surface area contributed by atoms with Gasteiger partial charge in [0, 0.05) is 31.1 Å². The lowest BCUT2D eigenvalue weighted by molar-refractivity contribution is 0.441. The molecule has 2 aromatic rings. The van der Waals surface area contributed by atoms with Crippen molar-refractivity contribution in [1.82, 2.24) is 15.6 Å².